The van der Waals surface area contributed by atoms with Crippen molar-refractivity contribution in [1.82, 2.24) is 10.3 Å². The first kappa shape index (κ1) is 16.6. The normalized spacial score (nSPS) is 22.1. The van der Waals surface area contributed by atoms with Gasteiger partial charge in [-0.15, -0.1) is 0 Å². The quantitative estimate of drug-likeness (QED) is 0.825. The number of hydrogen-bond acceptors (Lipinski definition) is 6. The number of rotatable bonds is 4. The zero-order chi connectivity index (χ0) is 17.2. The molecule has 0 spiro atoms. The molecule has 136 valence electrons. The lowest BCUT2D eigenvalue weighted by atomic mass is 10.1. The molecule has 2 heterocycles. The molecule has 8 nitrogen and oxygen atoms in total. The van der Waals surface area contributed by atoms with Gasteiger partial charge < -0.3 is 25.4 Å². The Morgan fingerprint density at radius 1 is 1.08 bits per heavy atom. The first-order valence-electron chi connectivity index (χ1n) is 8.94. The number of ether oxygens (including phenoxy) is 1. The van der Waals surface area contributed by atoms with Crippen LogP contribution in [0.5, 0.6) is 0 Å². The molecule has 0 atom stereocenters. The fourth-order valence-corrected chi connectivity index (χ4v) is 3.64. The number of morpholine rings is 1. The molecule has 4 rings (SSSR count). The highest BCUT2D eigenvalue weighted by Gasteiger charge is 2.21. The summed E-state index contributed by atoms with van der Waals surface area (Å²) in [6.45, 7) is 4.86. The standard InChI is InChI=1S/C17H23N5O3/c23-21-15-11-13-3-1-4-14(13)12-16(15)22(24)19-17(21)18-5-2-6-20-7-9-25-10-8-20/h11-12H,1-10H2,(H,18,19)/q-2. The first-order chi connectivity index (χ1) is 12.2. The largest absolute Gasteiger partial charge is 0.752 e. The fourth-order valence-electron chi connectivity index (χ4n) is 3.64. The van der Waals surface area contributed by atoms with Gasteiger partial charge in [-0.2, -0.15) is 0 Å². The molecule has 1 saturated heterocycles. The third-order valence-electron chi connectivity index (χ3n) is 5.02. The van der Waals surface area contributed by atoms with Gasteiger partial charge in [0.15, 0.2) is 0 Å². The van der Waals surface area contributed by atoms with Crippen LogP contribution in [0.25, 0.3) is 0 Å². The molecule has 0 aromatic heterocycles. The van der Waals surface area contributed by atoms with Crippen molar-refractivity contribution in [3.8, 4) is 0 Å². The van der Waals surface area contributed by atoms with Gasteiger partial charge in [-0.3, -0.25) is 15.3 Å². The second kappa shape index (κ2) is 7.17. The van der Waals surface area contributed by atoms with Crippen LogP contribution in [-0.4, -0.2) is 50.3 Å². The lowest BCUT2D eigenvalue weighted by Gasteiger charge is -2.46. The second-order valence-electron chi connectivity index (χ2n) is 6.68. The molecule has 0 amide bonds. The first-order valence-corrected chi connectivity index (χ1v) is 8.94. The molecular weight excluding hydrogens is 322 g/mol. The Bertz CT molecular complexity index is 660. The summed E-state index contributed by atoms with van der Waals surface area (Å²) in [7, 11) is 0. The summed E-state index contributed by atoms with van der Waals surface area (Å²) in [5.41, 5.74) is 5.66. The number of aliphatic imine (C=N–C) groups is 1. The Balaban J connectivity index is 1.41. The van der Waals surface area contributed by atoms with Crippen molar-refractivity contribution in [1.29, 1.82) is 0 Å². The number of aryl methyl sites for hydroxylation is 2. The van der Waals surface area contributed by atoms with Crippen molar-refractivity contribution in [3.63, 3.8) is 0 Å². The van der Waals surface area contributed by atoms with E-state index in [-0.39, 0.29) is 5.96 Å². The Morgan fingerprint density at radius 2 is 1.80 bits per heavy atom. The Morgan fingerprint density at radius 3 is 2.56 bits per heavy atom. The summed E-state index contributed by atoms with van der Waals surface area (Å²) >= 11 is 0. The van der Waals surface area contributed by atoms with E-state index in [0.717, 1.165) is 63.6 Å². The van der Waals surface area contributed by atoms with Crippen LogP contribution in [0.15, 0.2) is 17.1 Å². The van der Waals surface area contributed by atoms with Crippen molar-refractivity contribution in [2.24, 2.45) is 4.99 Å². The van der Waals surface area contributed by atoms with Crippen LogP contribution >= 0.6 is 0 Å². The van der Waals surface area contributed by atoms with E-state index in [1.165, 1.54) is 11.1 Å². The molecule has 0 bridgehead atoms. The maximum atomic E-state index is 12.6. The van der Waals surface area contributed by atoms with Gasteiger partial charge in [0.25, 0.3) is 0 Å². The zero-order valence-electron chi connectivity index (χ0n) is 14.2. The summed E-state index contributed by atoms with van der Waals surface area (Å²) in [6, 6.07) is 3.68. The number of fused-ring (bicyclic) bond motifs is 2. The van der Waals surface area contributed by atoms with Gasteiger partial charge in [-0.1, -0.05) is 0 Å². The van der Waals surface area contributed by atoms with Gasteiger partial charge in [0.05, 0.1) is 24.6 Å². The number of benzene rings is 1. The van der Waals surface area contributed by atoms with Crippen LogP contribution in [0.3, 0.4) is 0 Å². The van der Waals surface area contributed by atoms with Crippen LogP contribution < -0.4 is 15.7 Å². The minimum atomic E-state index is 0.0717. The molecule has 1 fully saturated rings. The predicted octanol–water partition coefficient (Wildman–Crippen LogP) is 1.38. The van der Waals surface area contributed by atoms with Crippen molar-refractivity contribution in [3.05, 3.63) is 33.7 Å². The molecule has 2 aliphatic heterocycles. The van der Waals surface area contributed by atoms with Crippen molar-refractivity contribution in [2.75, 3.05) is 49.6 Å². The van der Waals surface area contributed by atoms with Crippen molar-refractivity contribution >= 4 is 17.3 Å². The van der Waals surface area contributed by atoms with E-state index in [0.29, 0.717) is 23.1 Å². The summed E-state index contributed by atoms with van der Waals surface area (Å²) < 4.78 is 5.32. The SMILES string of the molecule is [O-]N1NC(=NCCCN2CCOCC2)N([O-])c2cc3c(cc21)CCC3. The molecular formula is C17H23N5O3-2. The van der Waals surface area contributed by atoms with E-state index >= 15 is 0 Å². The maximum absolute atomic E-state index is 12.6. The number of hydrogen-bond donors (Lipinski definition) is 1. The molecule has 8 heteroatoms. The molecule has 1 aliphatic carbocycles. The maximum Gasteiger partial charge on any atom is 0.206 e. The van der Waals surface area contributed by atoms with Gasteiger partial charge in [0, 0.05) is 26.2 Å². The fraction of sp³-hybridized carbons (Fsp3) is 0.588. The van der Waals surface area contributed by atoms with E-state index in [1.807, 2.05) is 12.1 Å². The molecule has 1 N–H and O–H groups in total. The summed E-state index contributed by atoms with van der Waals surface area (Å²) in [4.78, 5) is 6.64. The summed E-state index contributed by atoms with van der Waals surface area (Å²) in [5, 5.41) is 26.3. The Hall–Kier alpha value is -1.87. The molecule has 3 aliphatic rings. The Labute approximate surface area is 147 Å². The lowest BCUT2D eigenvalue weighted by molar-refractivity contribution is 0.0377. The van der Waals surface area contributed by atoms with Crippen LogP contribution in [0, 0.1) is 10.4 Å². The zero-order valence-corrected chi connectivity index (χ0v) is 14.2. The minimum Gasteiger partial charge on any atom is -0.752 e. The molecule has 0 unspecified atom stereocenters. The molecule has 1 aromatic rings. The number of anilines is 2. The summed E-state index contributed by atoms with van der Waals surface area (Å²) in [5.74, 6) is 0.0717. The second-order valence-corrected chi connectivity index (χ2v) is 6.68. The average molecular weight is 345 g/mol. The van der Waals surface area contributed by atoms with Gasteiger partial charge in [0.2, 0.25) is 5.96 Å². The van der Waals surface area contributed by atoms with Crippen molar-refractivity contribution in [2.45, 2.75) is 25.7 Å². The monoisotopic (exact) mass is 345 g/mol. The third-order valence-corrected chi connectivity index (χ3v) is 5.02. The Kier molecular flexibility index (Phi) is 4.76. The van der Waals surface area contributed by atoms with E-state index in [9.17, 15) is 10.4 Å². The van der Waals surface area contributed by atoms with E-state index in [2.05, 4.69) is 15.3 Å². The molecule has 25 heavy (non-hydrogen) atoms. The number of guanidine groups is 1. The van der Waals surface area contributed by atoms with Crippen LogP contribution in [0.4, 0.5) is 11.4 Å². The summed E-state index contributed by atoms with van der Waals surface area (Å²) in [6.07, 6.45) is 3.85. The highest BCUT2D eigenvalue weighted by Crippen LogP contribution is 2.37. The molecule has 0 saturated carbocycles. The van der Waals surface area contributed by atoms with Gasteiger partial charge >= 0.3 is 0 Å². The van der Waals surface area contributed by atoms with Gasteiger partial charge in [-0.05, 0) is 48.9 Å². The van der Waals surface area contributed by atoms with Crippen LogP contribution in [-0.2, 0) is 17.6 Å². The van der Waals surface area contributed by atoms with Gasteiger partial charge in [-0.25, -0.2) is 0 Å². The highest BCUT2D eigenvalue weighted by atomic mass is 16.6. The van der Waals surface area contributed by atoms with Crippen LogP contribution in [0.2, 0.25) is 0 Å². The topological polar surface area (TPSA) is 89.5 Å². The van der Waals surface area contributed by atoms with Crippen LogP contribution in [0.1, 0.15) is 24.0 Å². The van der Waals surface area contributed by atoms with E-state index < -0.39 is 0 Å². The predicted molar refractivity (Wildman–Crippen MR) is 97.5 cm³/mol. The number of hydroxylamine groups is 1. The van der Waals surface area contributed by atoms with Crippen molar-refractivity contribution < 1.29 is 4.74 Å². The third kappa shape index (κ3) is 3.43. The number of nitrogens with one attached hydrogen (secondary N) is 1. The smallest absolute Gasteiger partial charge is 0.206 e. The lowest BCUT2D eigenvalue weighted by Crippen LogP contribution is -2.50. The molecule has 0 radical (unpaired) electrons. The average Bonchev–Trinajstić information content (AvgIpc) is 3.10. The molecule has 1 aromatic carbocycles. The number of nitrogens with zero attached hydrogens (tertiary/aromatic N) is 4. The number of hydrazine groups is 1. The van der Waals surface area contributed by atoms with E-state index in [4.69, 9.17) is 4.74 Å². The minimum absolute atomic E-state index is 0.0717. The van der Waals surface area contributed by atoms with E-state index in [1.54, 1.807) is 0 Å². The van der Waals surface area contributed by atoms with Gasteiger partial charge in [0.1, 0.15) is 0 Å². The highest BCUT2D eigenvalue weighted by molar-refractivity contribution is 6.04.